The van der Waals surface area contributed by atoms with E-state index in [2.05, 4.69) is 30.5 Å². The van der Waals surface area contributed by atoms with Crippen LogP contribution in [0.25, 0.3) is 5.78 Å². The largest absolute Gasteiger partial charge is 0.512 e. The molecule has 3 amide bonds. The number of ether oxygens (including phenoxy) is 1. The highest BCUT2D eigenvalue weighted by atomic mass is 32.2. The maximum Gasteiger partial charge on any atom is 0.512 e. The van der Waals surface area contributed by atoms with Gasteiger partial charge >= 0.3 is 24.3 Å². The third-order valence-corrected chi connectivity index (χ3v) is 9.14. The van der Waals surface area contributed by atoms with Crippen LogP contribution in [0.15, 0.2) is 33.1 Å². The second kappa shape index (κ2) is 15.5. The van der Waals surface area contributed by atoms with Crippen molar-refractivity contribution in [2.24, 2.45) is 10.9 Å². The molecule has 27 heteroatoms. The molecule has 51 heavy (non-hydrogen) atoms. The van der Waals surface area contributed by atoms with E-state index in [1.165, 1.54) is 33.4 Å². The summed E-state index contributed by atoms with van der Waals surface area (Å²) in [6, 6.07) is 0.573. The first-order valence-electron chi connectivity index (χ1n) is 13.4. The lowest BCUT2D eigenvalue weighted by atomic mass is 10.1. The van der Waals surface area contributed by atoms with E-state index in [-0.39, 0.29) is 39.8 Å². The molecule has 21 nitrogen and oxygen atoms in total. The number of aryl methyl sites for hydroxylation is 1. The minimum absolute atomic E-state index is 0.000194. The number of nitrogens with zero attached hydrogens (tertiary/aromatic N) is 7. The van der Waals surface area contributed by atoms with Crippen LogP contribution < -0.4 is 16.8 Å². The Morgan fingerprint density at radius 1 is 1.18 bits per heavy atom. The number of amides is 3. The Kier molecular flexibility index (Phi) is 11.6. The summed E-state index contributed by atoms with van der Waals surface area (Å²) in [7, 11) is 0. The van der Waals surface area contributed by atoms with Gasteiger partial charge in [-0.15, -0.1) is 40.0 Å². The molecular formula is C24H21F3N10O11S3. The number of carbonyl (C=O) groups is 6. The zero-order valence-corrected chi connectivity index (χ0v) is 27.6. The van der Waals surface area contributed by atoms with Crippen molar-refractivity contribution in [2.45, 2.75) is 29.5 Å². The number of β-lactam (4-membered cyclic amide) rings is 1. The van der Waals surface area contributed by atoms with E-state index < -0.39 is 65.7 Å². The van der Waals surface area contributed by atoms with Gasteiger partial charge in [-0.1, -0.05) is 5.16 Å². The van der Waals surface area contributed by atoms with Crippen LogP contribution in [0, 0.1) is 6.92 Å². The number of carboxylic acids is 2. The maximum absolute atomic E-state index is 13.2. The number of rotatable bonds is 11. The first-order chi connectivity index (χ1) is 23.9. The average molecular weight is 779 g/mol. The Bertz CT molecular complexity index is 1980. The highest BCUT2D eigenvalue weighted by molar-refractivity contribution is 8.01. The number of thiazole rings is 1. The van der Waals surface area contributed by atoms with Crippen molar-refractivity contribution in [2.75, 3.05) is 23.8 Å². The average Bonchev–Trinajstić information content (AvgIpc) is 3.66. The molecule has 1 fully saturated rings. The zero-order valence-electron chi connectivity index (χ0n) is 25.2. The van der Waals surface area contributed by atoms with Gasteiger partial charge in [-0.05, 0) is 13.0 Å². The minimum atomic E-state index is -5.08. The van der Waals surface area contributed by atoms with E-state index in [4.69, 9.17) is 36.0 Å². The molecule has 5 heterocycles. The van der Waals surface area contributed by atoms with E-state index >= 15 is 0 Å². The van der Waals surface area contributed by atoms with Crippen LogP contribution in [0.3, 0.4) is 0 Å². The quantitative estimate of drug-likeness (QED) is 0.0376. The Labute approximate surface area is 292 Å². The van der Waals surface area contributed by atoms with Crippen molar-refractivity contribution < 1.29 is 66.8 Å². The molecule has 0 saturated carbocycles. The zero-order chi connectivity index (χ0) is 37.8. The number of carboxylic acid groups (broad SMARTS) is 3. The van der Waals surface area contributed by atoms with Crippen molar-refractivity contribution in [3.8, 4) is 0 Å². The fourth-order valence-electron chi connectivity index (χ4n) is 3.99. The standard InChI is InChI=1S/C22H20N10O9S3.C2HF3O2/c1-7-2-10(32-21(25-7)28-15(29-32)14(23)35)42-4-8-5-43-19-13(17(37)31(19)18(8)41-22(38)39)27-16(36)12(30-40-3-11(33)34)9-6-44-20(24)26-9;3-2(4,5)1(6)7/h2,6,13,19H,3-5H2,1H3,(H2,23,35)(H2,24,26)(H,27,36)(H,33,34)(H,38,39);(H,6,7)/b30-12-;/t13-,19-;/m1./s1. The molecule has 0 bridgehead atoms. The maximum atomic E-state index is 13.2. The van der Waals surface area contributed by atoms with Crippen molar-refractivity contribution in [1.29, 1.82) is 0 Å². The first-order valence-corrected chi connectivity index (χ1v) is 16.3. The third kappa shape index (κ3) is 9.11. The molecule has 5 rings (SSSR count). The topological polar surface area (TPSA) is 317 Å². The summed E-state index contributed by atoms with van der Waals surface area (Å²) < 4.78 is 38.1. The van der Waals surface area contributed by atoms with Gasteiger partial charge in [0.2, 0.25) is 18.3 Å². The van der Waals surface area contributed by atoms with Gasteiger partial charge < -0.3 is 41.7 Å². The van der Waals surface area contributed by atoms with Crippen LogP contribution in [0.4, 0.5) is 23.1 Å². The predicted molar refractivity (Wildman–Crippen MR) is 166 cm³/mol. The van der Waals surface area contributed by atoms with Crippen LogP contribution in [-0.2, 0) is 28.8 Å². The van der Waals surface area contributed by atoms with Gasteiger partial charge in [-0.25, -0.2) is 24.4 Å². The molecule has 3 aromatic heterocycles. The molecular weight excluding hydrogens is 758 g/mol. The molecule has 3 aromatic rings. The van der Waals surface area contributed by atoms with Gasteiger partial charge in [0.15, 0.2) is 10.8 Å². The summed E-state index contributed by atoms with van der Waals surface area (Å²) in [4.78, 5) is 87.2. The van der Waals surface area contributed by atoms with Crippen molar-refractivity contribution in [1.82, 2.24) is 34.8 Å². The van der Waals surface area contributed by atoms with Gasteiger partial charge in [0.25, 0.3) is 23.5 Å². The van der Waals surface area contributed by atoms with Crippen LogP contribution >= 0.6 is 34.9 Å². The SMILES string of the molecule is Cc1cc(SCC2=C(OC(=O)O)N3C(=O)[C@@H](NC(=O)/C(=N\OCC(=O)O)c4csc(N)n4)[C@H]3SC2)n2nc(C(N)=O)nc2n1.O=C(O)C(F)(F)F. The van der Waals surface area contributed by atoms with E-state index in [9.17, 15) is 42.3 Å². The predicted octanol–water partition coefficient (Wildman–Crippen LogP) is 0.107. The molecule has 2 atom stereocenters. The lowest BCUT2D eigenvalue weighted by Gasteiger charge is -2.49. The molecule has 0 aliphatic carbocycles. The molecule has 1 saturated heterocycles. The molecule has 272 valence electrons. The Morgan fingerprint density at radius 3 is 2.43 bits per heavy atom. The molecule has 8 N–H and O–H groups in total. The summed E-state index contributed by atoms with van der Waals surface area (Å²) in [6.45, 7) is 0.882. The monoisotopic (exact) mass is 778 g/mol. The van der Waals surface area contributed by atoms with Gasteiger partial charge in [-0.3, -0.25) is 19.3 Å². The number of aromatic nitrogens is 5. The summed E-state index contributed by atoms with van der Waals surface area (Å²) >= 11 is 3.45. The molecule has 2 aliphatic rings. The van der Waals surface area contributed by atoms with E-state index in [0.717, 1.165) is 16.2 Å². The lowest BCUT2D eigenvalue weighted by Crippen LogP contribution is -2.70. The van der Waals surface area contributed by atoms with Crippen molar-refractivity contribution in [3.63, 3.8) is 0 Å². The number of thioether (sulfide) groups is 2. The number of fused-ring (bicyclic) bond motifs is 2. The number of carbonyl (C=O) groups excluding carboxylic acids is 3. The van der Waals surface area contributed by atoms with Gasteiger partial charge in [-0.2, -0.15) is 22.7 Å². The summed E-state index contributed by atoms with van der Waals surface area (Å²) in [5.74, 6) is -6.40. The second-order valence-corrected chi connectivity index (χ2v) is 12.6. The molecule has 0 aromatic carbocycles. The van der Waals surface area contributed by atoms with Crippen LogP contribution in [0.2, 0.25) is 0 Å². The third-order valence-electron chi connectivity index (χ3n) is 6.05. The van der Waals surface area contributed by atoms with Gasteiger partial charge in [0, 0.05) is 28.2 Å². The lowest BCUT2D eigenvalue weighted by molar-refractivity contribution is -0.192. The van der Waals surface area contributed by atoms with E-state index in [1.807, 2.05) is 0 Å². The van der Waals surface area contributed by atoms with E-state index in [1.54, 1.807) is 13.0 Å². The first kappa shape index (κ1) is 38.1. The summed E-state index contributed by atoms with van der Waals surface area (Å²) in [5.41, 5.74) is 11.6. The number of hydrogen-bond donors (Lipinski definition) is 6. The number of nitrogens with one attached hydrogen (secondary N) is 1. The molecule has 0 unspecified atom stereocenters. The molecule has 2 aliphatic heterocycles. The minimum Gasteiger partial charge on any atom is -0.479 e. The number of nitrogen functional groups attached to an aromatic ring is 1. The molecule has 0 radical (unpaired) electrons. The highest BCUT2D eigenvalue weighted by Gasteiger charge is 2.54. The fourth-order valence-corrected chi connectivity index (χ4v) is 7.04. The number of aliphatic carboxylic acids is 2. The van der Waals surface area contributed by atoms with Gasteiger partial charge in [0.05, 0.1) is 0 Å². The molecule has 0 spiro atoms. The fraction of sp³-hybridized carbons (Fsp3) is 0.292. The normalized spacial score (nSPS) is 17.1. The van der Waals surface area contributed by atoms with Crippen LogP contribution in [0.5, 0.6) is 0 Å². The smallest absolute Gasteiger partial charge is 0.479 e. The highest BCUT2D eigenvalue weighted by Crippen LogP contribution is 2.42. The Balaban J connectivity index is 0.000000755. The Hall–Kier alpha value is -5.70. The van der Waals surface area contributed by atoms with Crippen LogP contribution in [0.1, 0.15) is 22.0 Å². The number of anilines is 1. The number of primary amides is 1. The summed E-state index contributed by atoms with van der Waals surface area (Å²) in [6.07, 6.45) is -6.73. The van der Waals surface area contributed by atoms with E-state index in [0.29, 0.717) is 16.3 Å². The summed E-state index contributed by atoms with van der Waals surface area (Å²) in [5, 5.41) is 36.8. The van der Waals surface area contributed by atoms with Gasteiger partial charge in [0.1, 0.15) is 22.1 Å². The number of nitrogens with two attached hydrogens (primary N) is 2. The number of alkyl halides is 3. The van der Waals surface area contributed by atoms with Crippen molar-refractivity contribution in [3.05, 3.63) is 40.1 Å². The Morgan fingerprint density at radius 2 is 1.86 bits per heavy atom. The van der Waals surface area contributed by atoms with Crippen molar-refractivity contribution >= 4 is 87.3 Å². The number of oxime groups is 1. The van der Waals surface area contributed by atoms with Crippen LogP contribution in [-0.4, -0.2) is 122 Å². The number of halogens is 3. The second-order valence-electron chi connectivity index (χ2n) is 9.65. The number of hydrogen-bond acceptors (Lipinski definition) is 17.